The van der Waals surface area contributed by atoms with Crippen LogP contribution in [-0.2, 0) is 6.42 Å². The van der Waals surface area contributed by atoms with Gasteiger partial charge in [0.25, 0.3) is 0 Å². The fraction of sp³-hybridized carbons (Fsp3) is 0.111. The van der Waals surface area contributed by atoms with Crippen LogP contribution in [-0.4, -0.2) is 15.2 Å². The third-order valence-electron chi connectivity index (χ3n) is 1.63. The largest absolute Gasteiger partial charge is 0.262 e. The van der Waals surface area contributed by atoms with E-state index in [2.05, 4.69) is 33.6 Å². The van der Waals surface area contributed by atoms with Crippen LogP contribution in [0.1, 0.15) is 11.4 Å². The molecule has 59 valence electrons. The zero-order valence-electron chi connectivity index (χ0n) is 6.49. The number of aromatic amines is 1. The van der Waals surface area contributed by atoms with E-state index in [1.165, 1.54) is 5.56 Å². The maximum absolute atomic E-state index is 3.92. The molecule has 2 rings (SSSR count). The van der Waals surface area contributed by atoms with Crippen molar-refractivity contribution in [2.24, 2.45) is 0 Å². The highest BCUT2D eigenvalue weighted by Crippen LogP contribution is 2.02. The molecule has 1 N–H and O–H groups in total. The van der Waals surface area contributed by atoms with E-state index in [9.17, 15) is 0 Å². The lowest BCUT2D eigenvalue weighted by molar-refractivity contribution is 0.972. The number of nitrogens with one attached hydrogen (secondary N) is 1. The predicted molar refractivity (Wildman–Crippen MR) is 44.5 cm³/mol. The van der Waals surface area contributed by atoms with Gasteiger partial charge in [-0.1, -0.05) is 30.3 Å². The Morgan fingerprint density at radius 3 is 2.75 bits per heavy atom. The van der Waals surface area contributed by atoms with Crippen LogP contribution in [0.15, 0.2) is 30.3 Å². The lowest BCUT2D eigenvalue weighted by Crippen LogP contribution is -1.89. The lowest BCUT2D eigenvalue weighted by atomic mass is 10.1. The molecular weight excluding hydrogens is 150 g/mol. The smallest absolute Gasteiger partial charge is 0.220 e. The Morgan fingerprint density at radius 1 is 1.25 bits per heavy atom. The van der Waals surface area contributed by atoms with Crippen molar-refractivity contribution in [2.75, 3.05) is 0 Å². The molecule has 0 amide bonds. The Labute approximate surface area is 70.5 Å². The first kappa shape index (κ1) is 7.03. The summed E-state index contributed by atoms with van der Waals surface area (Å²) in [6, 6.07) is 10.1. The van der Waals surface area contributed by atoms with E-state index in [4.69, 9.17) is 0 Å². The number of rotatable bonds is 2. The number of H-pyrrole nitrogens is 1. The van der Waals surface area contributed by atoms with E-state index < -0.39 is 0 Å². The highest BCUT2D eigenvalue weighted by atomic mass is 15.2. The van der Waals surface area contributed by atoms with Gasteiger partial charge in [-0.15, -0.1) is 5.10 Å². The molecule has 0 aliphatic carbocycles. The molecule has 3 heteroatoms. The van der Waals surface area contributed by atoms with E-state index in [-0.39, 0.29) is 0 Å². The molecule has 0 aliphatic heterocycles. The van der Waals surface area contributed by atoms with Crippen LogP contribution in [0, 0.1) is 6.33 Å². The van der Waals surface area contributed by atoms with Crippen LogP contribution in [0.3, 0.4) is 0 Å². The van der Waals surface area contributed by atoms with Gasteiger partial charge >= 0.3 is 0 Å². The van der Waals surface area contributed by atoms with Crippen LogP contribution in [0.2, 0.25) is 0 Å². The normalized spacial score (nSPS) is 10.0. The molecule has 2 aromatic rings. The van der Waals surface area contributed by atoms with Gasteiger partial charge in [-0.3, -0.25) is 5.10 Å². The minimum atomic E-state index is 0.789. The van der Waals surface area contributed by atoms with Gasteiger partial charge in [-0.2, -0.15) is 0 Å². The molecule has 0 fully saturated rings. The van der Waals surface area contributed by atoms with Crippen LogP contribution in [0.5, 0.6) is 0 Å². The van der Waals surface area contributed by atoms with Crippen LogP contribution in [0.4, 0.5) is 0 Å². The minimum absolute atomic E-state index is 0.789. The van der Waals surface area contributed by atoms with E-state index in [0.717, 1.165) is 12.2 Å². The Balaban J connectivity index is 2.15. The van der Waals surface area contributed by atoms with Crippen LogP contribution in [0.25, 0.3) is 0 Å². The molecule has 3 nitrogen and oxygen atoms in total. The van der Waals surface area contributed by atoms with Crippen molar-refractivity contribution in [3.8, 4) is 0 Å². The summed E-state index contributed by atoms with van der Waals surface area (Å²) in [5.41, 5.74) is 1.22. The second-order valence-corrected chi connectivity index (χ2v) is 2.54. The average molecular weight is 158 g/mol. The summed E-state index contributed by atoms with van der Waals surface area (Å²) in [4.78, 5) is 3.92. The van der Waals surface area contributed by atoms with Crippen molar-refractivity contribution >= 4 is 0 Å². The number of hydrogen-bond acceptors (Lipinski definition) is 2. The average Bonchev–Trinajstić information content (AvgIpc) is 2.59. The molecule has 0 aliphatic rings. The highest BCUT2D eigenvalue weighted by Gasteiger charge is 1.96. The zero-order chi connectivity index (χ0) is 8.23. The maximum atomic E-state index is 3.92. The predicted octanol–water partition coefficient (Wildman–Crippen LogP) is 1.20. The molecule has 0 atom stereocenters. The molecule has 0 spiro atoms. The first-order chi connectivity index (χ1) is 5.95. The highest BCUT2D eigenvalue weighted by molar-refractivity contribution is 5.18. The molecule has 0 unspecified atom stereocenters. The summed E-state index contributed by atoms with van der Waals surface area (Å²) in [5, 5.41) is 6.43. The molecule has 0 bridgehead atoms. The van der Waals surface area contributed by atoms with Gasteiger partial charge < -0.3 is 0 Å². The van der Waals surface area contributed by atoms with Crippen LogP contribution < -0.4 is 0 Å². The maximum Gasteiger partial charge on any atom is 0.220 e. The minimum Gasteiger partial charge on any atom is -0.262 e. The fourth-order valence-corrected chi connectivity index (χ4v) is 1.07. The van der Waals surface area contributed by atoms with Crippen LogP contribution >= 0.6 is 0 Å². The Hall–Kier alpha value is -1.64. The van der Waals surface area contributed by atoms with Gasteiger partial charge in [0.15, 0.2) is 0 Å². The van der Waals surface area contributed by atoms with Gasteiger partial charge in [-0.25, -0.2) is 4.98 Å². The molecule has 0 saturated heterocycles. The summed E-state index contributed by atoms with van der Waals surface area (Å²) >= 11 is 0. The third kappa shape index (κ3) is 1.50. The number of nitrogens with zero attached hydrogens (tertiary/aromatic N) is 2. The second kappa shape index (κ2) is 3.17. The van der Waals surface area contributed by atoms with Crippen molar-refractivity contribution in [2.45, 2.75) is 6.42 Å². The first-order valence-electron chi connectivity index (χ1n) is 3.76. The van der Waals surface area contributed by atoms with Crippen molar-refractivity contribution < 1.29 is 0 Å². The van der Waals surface area contributed by atoms with Crippen molar-refractivity contribution in [1.29, 1.82) is 0 Å². The molecule has 1 aromatic heterocycles. The van der Waals surface area contributed by atoms with Gasteiger partial charge in [0.2, 0.25) is 6.33 Å². The molecule has 0 saturated carbocycles. The van der Waals surface area contributed by atoms with Crippen molar-refractivity contribution in [1.82, 2.24) is 15.2 Å². The molecule has 1 radical (unpaired) electrons. The summed E-state index contributed by atoms with van der Waals surface area (Å²) in [5.74, 6) is 0.848. The quantitative estimate of drug-likeness (QED) is 0.713. The monoisotopic (exact) mass is 158 g/mol. The molecule has 12 heavy (non-hydrogen) atoms. The van der Waals surface area contributed by atoms with E-state index in [0.29, 0.717) is 0 Å². The Bertz CT molecular complexity index is 326. The van der Waals surface area contributed by atoms with E-state index in [1.807, 2.05) is 18.2 Å². The zero-order valence-corrected chi connectivity index (χ0v) is 6.49. The summed E-state index contributed by atoms with van der Waals surface area (Å²) in [6.45, 7) is 0. The van der Waals surface area contributed by atoms with E-state index >= 15 is 0 Å². The van der Waals surface area contributed by atoms with Gasteiger partial charge in [0.1, 0.15) is 5.82 Å². The summed E-state index contributed by atoms with van der Waals surface area (Å²) in [7, 11) is 0. The fourth-order valence-electron chi connectivity index (χ4n) is 1.07. The Morgan fingerprint density at radius 2 is 2.08 bits per heavy atom. The number of aromatic nitrogens is 3. The number of benzene rings is 1. The molecule has 1 aromatic carbocycles. The van der Waals surface area contributed by atoms with Gasteiger partial charge in [0.05, 0.1) is 0 Å². The van der Waals surface area contributed by atoms with E-state index in [1.54, 1.807) is 0 Å². The lowest BCUT2D eigenvalue weighted by Gasteiger charge is -1.94. The Kier molecular flexibility index (Phi) is 1.86. The SMILES string of the molecule is [c]1n[nH]c(Cc2ccccc2)n1. The second-order valence-electron chi connectivity index (χ2n) is 2.54. The van der Waals surface area contributed by atoms with Gasteiger partial charge in [0, 0.05) is 6.42 Å². The first-order valence-corrected chi connectivity index (χ1v) is 3.76. The summed E-state index contributed by atoms with van der Waals surface area (Å²) in [6.07, 6.45) is 3.28. The summed E-state index contributed by atoms with van der Waals surface area (Å²) < 4.78 is 0. The molecule has 1 heterocycles. The standard InChI is InChI=1S/C9H8N3/c1-2-4-8(5-3-1)6-9-10-7-11-12-9/h1-5H,6H2,(H,10,11,12). The number of hydrogen-bond donors (Lipinski definition) is 1. The molecular formula is C9H8N3. The third-order valence-corrected chi connectivity index (χ3v) is 1.63. The van der Waals surface area contributed by atoms with Crippen molar-refractivity contribution in [3.05, 3.63) is 48.0 Å². The topological polar surface area (TPSA) is 41.6 Å². The van der Waals surface area contributed by atoms with Crippen molar-refractivity contribution in [3.63, 3.8) is 0 Å². The van der Waals surface area contributed by atoms with Gasteiger partial charge in [-0.05, 0) is 5.56 Å².